The summed E-state index contributed by atoms with van der Waals surface area (Å²) in [5.41, 5.74) is 5.57. The number of phenolic OH excluding ortho intramolecular Hbond substituents is 1. The van der Waals surface area contributed by atoms with Crippen LogP contribution in [0, 0.1) is 5.82 Å². The molecule has 2 rings (SSSR count). The lowest BCUT2D eigenvalue weighted by molar-refractivity contribution is 0.475. The Morgan fingerprint density at radius 1 is 1.25 bits per heavy atom. The number of aromatic hydroxyl groups is 1. The summed E-state index contributed by atoms with van der Waals surface area (Å²) in [7, 11) is -4.21. The van der Waals surface area contributed by atoms with Gasteiger partial charge in [0, 0.05) is 11.8 Å². The van der Waals surface area contributed by atoms with Gasteiger partial charge >= 0.3 is 0 Å². The number of halogens is 2. The minimum atomic E-state index is -4.21. The molecule has 0 amide bonds. The summed E-state index contributed by atoms with van der Waals surface area (Å²) in [6.07, 6.45) is 0. The van der Waals surface area contributed by atoms with Gasteiger partial charge in [0.2, 0.25) is 0 Å². The van der Waals surface area contributed by atoms with Gasteiger partial charge < -0.3 is 10.8 Å². The van der Waals surface area contributed by atoms with Crippen molar-refractivity contribution in [3.63, 3.8) is 0 Å². The number of hydrogen-bond acceptors (Lipinski definition) is 4. The highest BCUT2D eigenvalue weighted by Crippen LogP contribution is 2.27. The molecule has 106 valence electrons. The van der Waals surface area contributed by atoms with Crippen LogP contribution in [-0.2, 0) is 10.0 Å². The normalized spacial score (nSPS) is 11.3. The molecule has 0 aliphatic rings. The summed E-state index contributed by atoms with van der Waals surface area (Å²) in [5.74, 6) is -1.22. The molecule has 0 heterocycles. The Bertz CT molecular complexity index is 765. The molecular weight excluding hydrogens is 307 g/mol. The Labute approximate surface area is 119 Å². The second kappa shape index (κ2) is 5.18. The van der Waals surface area contributed by atoms with Crippen LogP contribution in [0.25, 0.3) is 0 Å². The first-order valence-electron chi connectivity index (χ1n) is 5.36. The van der Waals surface area contributed by atoms with E-state index in [2.05, 4.69) is 4.72 Å². The van der Waals surface area contributed by atoms with Gasteiger partial charge in [0.15, 0.2) is 5.82 Å². The molecule has 0 unspecified atom stereocenters. The molecule has 8 heteroatoms. The van der Waals surface area contributed by atoms with Crippen LogP contribution in [0.5, 0.6) is 5.75 Å². The Morgan fingerprint density at radius 2 is 1.95 bits per heavy atom. The zero-order chi connectivity index (χ0) is 14.9. The molecule has 0 bridgehead atoms. The first-order valence-corrected chi connectivity index (χ1v) is 7.22. The maximum Gasteiger partial charge on any atom is 0.264 e. The van der Waals surface area contributed by atoms with Gasteiger partial charge in [0.05, 0.1) is 10.7 Å². The molecule has 0 aromatic heterocycles. The number of nitrogen functional groups attached to an aromatic ring is 1. The number of nitrogens with two attached hydrogens (primary N) is 1. The highest BCUT2D eigenvalue weighted by molar-refractivity contribution is 7.92. The smallest absolute Gasteiger partial charge is 0.264 e. The van der Waals surface area contributed by atoms with E-state index in [1.54, 1.807) is 0 Å². The minimum absolute atomic E-state index is 0.0210. The van der Waals surface area contributed by atoms with E-state index in [0.717, 1.165) is 12.1 Å². The van der Waals surface area contributed by atoms with Crippen molar-refractivity contribution in [2.75, 3.05) is 10.5 Å². The molecule has 0 atom stereocenters. The van der Waals surface area contributed by atoms with Crippen molar-refractivity contribution in [2.24, 2.45) is 0 Å². The van der Waals surface area contributed by atoms with Gasteiger partial charge in [-0.3, -0.25) is 4.72 Å². The third kappa shape index (κ3) is 2.94. The van der Waals surface area contributed by atoms with Crippen LogP contribution in [-0.4, -0.2) is 13.5 Å². The van der Waals surface area contributed by atoms with Crippen molar-refractivity contribution in [2.45, 2.75) is 4.90 Å². The van der Waals surface area contributed by atoms with Crippen molar-refractivity contribution in [3.8, 4) is 5.75 Å². The minimum Gasteiger partial charge on any atom is -0.508 e. The molecule has 2 aromatic carbocycles. The van der Waals surface area contributed by atoms with E-state index < -0.39 is 20.7 Å². The second-order valence-electron chi connectivity index (χ2n) is 3.97. The highest BCUT2D eigenvalue weighted by atomic mass is 35.5. The van der Waals surface area contributed by atoms with Crippen LogP contribution in [0.15, 0.2) is 41.3 Å². The number of rotatable bonds is 3. The Kier molecular flexibility index (Phi) is 3.74. The second-order valence-corrected chi connectivity index (χ2v) is 6.03. The molecule has 0 fully saturated rings. The van der Waals surface area contributed by atoms with Crippen molar-refractivity contribution < 1.29 is 17.9 Å². The van der Waals surface area contributed by atoms with Gasteiger partial charge in [-0.2, -0.15) is 0 Å². The lowest BCUT2D eigenvalue weighted by Crippen LogP contribution is -2.15. The van der Waals surface area contributed by atoms with E-state index in [0.29, 0.717) is 0 Å². The number of sulfonamides is 1. The van der Waals surface area contributed by atoms with Gasteiger partial charge in [-0.25, -0.2) is 12.8 Å². The molecule has 4 N–H and O–H groups in total. The summed E-state index contributed by atoms with van der Waals surface area (Å²) >= 11 is 5.57. The lowest BCUT2D eigenvalue weighted by atomic mass is 10.3. The van der Waals surface area contributed by atoms with E-state index in [-0.39, 0.29) is 22.1 Å². The summed E-state index contributed by atoms with van der Waals surface area (Å²) in [6, 6.07) is 7.48. The summed E-state index contributed by atoms with van der Waals surface area (Å²) in [5, 5.41) is 8.89. The molecule has 0 aliphatic carbocycles. The van der Waals surface area contributed by atoms with Gasteiger partial charge in [0.1, 0.15) is 10.6 Å². The Morgan fingerprint density at radius 3 is 2.60 bits per heavy atom. The molecular formula is C12H10ClFN2O3S. The molecule has 5 nitrogen and oxygen atoms in total. The number of anilines is 2. The fourth-order valence-corrected chi connectivity index (χ4v) is 3.03. The van der Waals surface area contributed by atoms with E-state index in [1.807, 2.05) is 0 Å². The number of nitrogens with one attached hydrogen (secondary N) is 1. The summed E-state index contributed by atoms with van der Waals surface area (Å²) in [6.45, 7) is 0. The quantitative estimate of drug-likeness (QED) is 0.759. The molecule has 2 aromatic rings. The number of hydrogen-bond donors (Lipinski definition) is 3. The van der Waals surface area contributed by atoms with Crippen molar-refractivity contribution >= 4 is 33.0 Å². The molecule has 0 radical (unpaired) electrons. The predicted molar refractivity (Wildman–Crippen MR) is 74.7 cm³/mol. The van der Waals surface area contributed by atoms with Gasteiger partial charge in [-0.05, 0) is 24.3 Å². The van der Waals surface area contributed by atoms with Crippen molar-refractivity contribution in [3.05, 3.63) is 47.2 Å². The highest BCUT2D eigenvalue weighted by Gasteiger charge is 2.22. The van der Waals surface area contributed by atoms with Crippen LogP contribution in [0.3, 0.4) is 0 Å². The lowest BCUT2D eigenvalue weighted by Gasteiger charge is -2.10. The molecule has 0 aliphatic heterocycles. The predicted octanol–water partition coefficient (Wildman–Crippen LogP) is 2.57. The van der Waals surface area contributed by atoms with Crippen molar-refractivity contribution in [1.82, 2.24) is 0 Å². The molecule has 20 heavy (non-hydrogen) atoms. The molecule has 0 saturated carbocycles. The standard InChI is InChI=1S/C12H10ClFN2O3S/c13-10-4-7(15)5-11(12(10)14)20(18,19)16-8-2-1-3-9(17)6-8/h1-6,16-17H,15H2. The van der Waals surface area contributed by atoms with Crippen LogP contribution in [0.2, 0.25) is 5.02 Å². The van der Waals surface area contributed by atoms with E-state index in [4.69, 9.17) is 17.3 Å². The maximum atomic E-state index is 13.8. The Hall–Kier alpha value is -1.99. The first kappa shape index (κ1) is 14.4. The largest absolute Gasteiger partial charge is 0.508 e. The monoisotopic (exact) mass is 316 g/mol. The topological polar surface area (TPSA) is 92.4 Å². The number of phenols is 1. The average molecular weight is 317 g/mol. The van der Waals surface area contributed by atoms with Crippen molar-refractivity contribution in [1.29, 1.82) is 0 Å². The van der Waals surface area contributed by atoms with Gasteiger partial charge in [-0.1, -0.05) is 17.7 Å². The summed E-state index contributed by atoms with van der Waals surface area (Å²) in [4.78, 5) is -0.661. The third-order valence-corrected chi connectivity index (χ3v) is 4.06. The maximum absolute atomic E-state index is 13.8. The van der Waals surface area contributed by atoms with Gasteiger partial charge in [-0.15, -0.1) is 0 Å². The number of benzene rings is 2. The van der Waals surface area contributed by atoms with Crippen LogP contribution in [0.1, 0.15) is 0 Å². The Balaban J connectivity index is 2.46. The van der Waals surface area contributed by atoms with Crippen LogP contribution < -0.4 is 10.5 Å². The van der Waals surface area contributed by atoms with E-state index in [9.17, 15) is 17.9 Å². The van der Waals surface area contributed by atoms with E-state index >= 15 is 0 Å². The summed E-state index contributed by atoms with van der Waals surface area (Å²) < 4.78 is 40.1. The zero-order valence-electron chi connectivity index (χ0n) is 9.97. The zero-order valence-corrected chi connectivity index (χ0v) is 11.5. The average Bonchev–Trinajstić information content (AvgIpc) is 2.33. The first-order chi connectivity index (χ1) is 9.29. The SMILES string of the molecule is Nc1cc(Cl)c(F)c(S(=O)(=O)Nc2cccc(O)c2)c1. The fourth-order valence-electron chi connectivity index (χ4n) is 1.56. The van der Waals surface area contributed by atoms with E-state index in [1.165, 1.54) is 24.3 Å². The molecule has 0 spiro atoms. The van der Waals surface area contributed by atoms with Crippen LogP contribution in [0.4, 0.5) is 15.8 Å². The van der Waals surface area contributed by atoms with Gasteiger partial charge in [0.25, 0.3) is 10.0 Å². The van der Waals surface area contributed by atoms with Crippen LogP contribution >= 0.6 is 11.6 Å². The third-order valence-electron chi connectivity index (χ3n) is 2.41. The fraction of sp³-hybridized carbons (Fsp3) is 0. The molecule has 0 saturated heterocycles.